The van der Waals surface area contributed by atoms with Gasteiger partial charge in [0.1, 0.15) is 5.82 Å². The summed E-state index contributed by atoms with van der Waals surface area (Å²) in [6, 6.07) is 2.16. The van der Waals surface area contributed by atoms with Crippen molar-refractivity contribution in [3.63, 3.8) is 0 Å². The van der Waals surface area contributed by atoms with E-state index < -0.39 is 5.82 Å². The molecule has 0 aliphatic heterocycles. The van der Waals surface area contributed by atoms with Crippen LogP contribution in [-0.4, -0.2) is 5.78 Å². The third kappa shape index (κ3) is 1.37. The fraction of sp³-hybridized carbons (Fsp3) is 0.125. The van der Waals surface area contributed by atoms with Gasteiger partial charge in [-0.2, -0.15) is 0 Å². The lowest BCUT2D eigenvalue weighted by atomic mass is 10.1. The first kappa shape index (κ1) is 8.52. The molecule has 0 saturated carbocycles. The molecule has 4 heteroatoms. The number of carbonyl (C=O) groups is 1. The number of halogens is 1. The number of anilines is 2. The molecule has 0 aliphatic rings. The SMILES string of the molecule is CC(=O)c1cc(F)cc(N)c1N. The third-order valence-electron chi connectivity index (χ3n) is 1.56. The van der Waals surface area contributed by atoms with Crippen molar-refractivity contribution in [1.82, 2.24) is 0 Å². The van der Waals surface area contributed by atoms with Crippen molar-refractivity contribution in [3.8, 4) is 0 Å². The van der Waals surface area contributed by atoms with Gasteiger partial charge in [-0.1, -0.05) is 0 Å². The topological polar surface area (TPSA) is 69.1 Å². The van der Waals surface area contributed by atoms with E-state index in [1.54, 1.807) is 0 Å². The summed E-state index contributed by atoms with van der Waals surface area (Å²) in [6.07, 6.45) is 0. The summed E-state index contributed by atoms with van der Waals surface area (Å²) in [5, 5.41) is 0. The molecule has 1 aromatic rings. The van der Waals surface area contributed by atoms with Crippen molar-refractivity contribution in [2.75, 3.05) is 11.5 Å². The molecular weight excluding hydrogens is 159 g/mol. The monoisotopic (exact) mass is 168 g/mol. The molecule has 0 heterocycles. The Morgan fingerprint density at radius 3 is 2.50 bits per heavy atom. The van der Waals surface area contributed by atoms with Crippen LogP contribution in [0.4, 0.5) is 15.8 Å². The lowest BCUT2D eigenvalue weighted by molar-refractivity contribution is 0.101. The highest BCUT2D eigenvalue weighted by Crippen LogP contribution is 2.21. The minimum absolute atomic E-state index is 0.0974. The summed E-state index contributed by atoms with van der Waals surface area (Å²) in [4.78, 5) is 10.9. The van der Waals surface area contributed by atoms with E-state index in [0.29, 0.717) is 0 Å². The van der Waals surface area contributed by atoms with E-state index in [1.807, 2.05) is 0 Å². The van der Waals surface area contributed by atoms with Gasteiger partial charge >= 0.3 is 0 Å². The van der Waals surface area contributed by atoms with Gasteiger partial charge in [-0.15, -0.1) is 0 Å². The van der Waals surface area contributed by atoms with Gasteiger partial charge in [-0.05, 0) is 19.1 Å². The van der Waals surface area contributed by atoms with Gasteiger partial charge in [0.15, 0.2) is 5.78 Å². The molecule has 0 saturated heterocycles. The van der Waals surface area contributed by atoms with Crippen LogP contribution in [0, 0.1) is 5.82 Å². The molecule has 64 valence electrons. The number of hydrogen-bond acceptors (Lipinski definition) is 3. The maximum absolute atomic E-state index is 12.7. The fourth-order valence-corrected chi connectivity index (χ4v) is 0.930. The highest BCUT2D eigenvalue weighted by Gasteiger charge is 2.09. The highest BCUT2D eigenvalue weighted by atomic mass is 19.1. The maximum Gasteiger partial charge on any atom is 0.162 e. The van der Waals surface area contributed by atoms with Crippen LogP contribution in [0.1, 0.15) is 17.3 Å². The van der Waals surface area contributed by atoms with E-state index in [2.05, 4.69) is 0 Å². The number of carbonyl (C=O) groups excluding carboxylic acids is 1. The number of Topliss-reactive ketones (excluding diaryl/α,β-unsaturated/α-hetero) is 1. The molecule has 0 bridgehead atoms. The Hall–Kier alpha value is -1.58. The van der Waals surface area contributed by atoms with Gasteiger partial charge in [-0.3, -0.25) is 4.79 Å². The van der Waals surface area contributed by atoms with Gasteiger partial charge in [0.05, 0.1) is 11.4 Å². The van der Waals surface area contributed by atoms with Crippen LogP contribution in [0.2, 0.25) is 0 Å². The third-order valence-corrected chi connectivity index (χ3v) is 1.56. The molecule has 0 radical (unpaired) electrons. The van der Waals surface area contributed by atoms with E-state index in [9.17, 15) is 9.18 Å². The van der Waals surface area contributed by atoms with Crippen molar-refractivity contribution < 1.29 is 9.18 Å². The Bertz CT molecular complexity index is 336. The van der Waals surface area contributed by atoms with Crippen LogP contribution >= 0.6 is 0 Å². The lowest BCUT2D eigenvalue weighted by Gasteiger charge is -2.04. The van der Waals surface area contributed by atoms with Crippen molar-refractivity contribution >= 4 is 17.2 Å². The number of ketones is 1. The largest absolute Gasteiger partial charge is 0.397 e. The Morgan fingerprint density at radius 2 is 2.00 bits per heavy atom. The van der Waals surface area contributed by atoms with Gasteiger partial charge in [0.2, 0.25) is 0 Å². The summed E-state index contributed by atoms with van der Waals surface area (Å²) in [5.41, 5.74) is 11.2. The van der Waals surface area contributed by atoms with Gasteiger partial charge in [-0.25, -0.2) is 4.39 Å². The average Bonchev–Trinajstić information content (AvgIpc) is 1.96. The molecular formula is C8H9FN2O. The zero-order valence-electron chi connectivity index (χ0n) is 6.60. The average molecular weight is 168 g/mol. The van der Waals surface area contributed by atoms with Gasteiger partial charge < -0.3 is 11.5 Å². The molecule has 1 rings (SSSR count). The summed E-state index contributed by atoms with van der Waals surface area (Å²) < 4.78 is 12.7. The number of hydrogen-bond donors (Lipinski definition) is 2. The lowest BCUT2D eigenvalue weighted by Crippen LogP contribution is -2.04. The molecule has 0 unspecified atom stereocenters. The fourth-order valence-electron chi connectivity index (χ4n) is 0.930. The zero-order chi connectivity index (χ0) is 9.30. The normalized spacial score (nSPS) is 9.83. The highest BCUT2D eigenvalue weighted by molar-refractivity contribution is 6.01. The summed E-state index contributed by atoms with van der Waals surface area (Å²) >= 11 is 0. The van der Waals surface area contributed by atoms with E-state index in [0.717, 1.165) is 12.1 Å². The molecule has 0 amide bonds. The number of nitrogens with two attached hydrogens (primary N) is 2. The quantitative estimate of drug-likeness (QED) is 0.489. The predicted molar refractivity (Wildman–Crippen MR) is 45.2 cm³/mol. The summed E-state index contributed by atoms with van der Waals surface area (Å²) in [7, 11) is 0. The molecule has 0 aromatic heterocycles. The molecule has 4 N–H and O–H groups in total. The summed E-state index contributed by atoms with van der Waals surface area (Å²) in [6.45, 7) is 1.31. The van der Waals surface area contributed by atoms with Crippen molar-refractivity contribution in [1.29, 1.82) is 0 Å². The van der Waals surface area contributed by atoms with Crippen LogP contribution in [0.5, 0.6) is 0 Å². The first-order chi connectivity index (χ1) is 5.52. The Morgan fingerprint density at radius 1 is 1.42 bits per heavy atom. The minimum Gasteiger partial charge on any atom is -0.397 e. The van der Waals surface area contributed by atoms with Crippen LogP contribution in [0.3, 0.4) is 0 Å². The standard InChI is InChI=1S/C8H9FN2O/c1-4(12)6-2-5(9)3-7(10)8(6)11/h2-3H,10-11H2,1H3. The second-order valence-corrected chi connectivity index (χ2v) is 2.51. The molecule has 0 fully saturated rings. The van der Waals surface area contributed by atoms with E-state index in [1.165, 1.54) is 6.92 Å². The Labute approximate surface area is 69.2 Å². The number of nitrogen functional groups attached to an aromatic ring is 2. The van der Waals surface area contributed by atoms with Crippen LogP contribution < -0.4 is 11.5 Å². The van der Waals surface area contributed by atoms with Gasteiger partial charge in [0.25, 0.3) is 0 Å². The van der Waals surface area contributed by atoms with Gasteiger partial charge in [0, 0.05) is 5.56 Å². The van der Waals surface area contributed by atoms with Crippen LogP contribution in [0.15, 0.2) is 12.1 Å². The molecule has 0 spiro atoms. The Kier molecular flexibility index (Phi) is 1.99. The molecule has 3 nitrogen and oxygen atoms in total. The van der Waals surface area contributed by atoms with E-state index >= 15 is 0 Å². The second kappa shape index (κ2) is 2.81. The Balaban J connectivity index is 3.37. The van der Waals surface area contributed by atoms with E-state index in [4.69, 9.17) is 11.5 Å². The van der Waals surface area contributed by atoms with Crippen LogP contribution in [-0.2, 0) is 0 Å². The summed E-state index contributed by atoms with van der Waals surface area (Å²) in [5.74, 6) is -0.842. The van der Waals surface area contributed by atoms with Crippen LogP contribution in [0.25, 0.3) is 0 Å². The molecule has 0 aliphatic carbocycles. The first-order valence-corrected chi connectivity index (χ1v) is 3.38. The van der Waals surface area contributed by atoms with Crippen molar-refractivity contribution in [2.24, 2.45) is 0 Å². The predicted octanol–water partition coefficient (Wildman–Crippen LogP) is 1.19. The maximum atomic E-state index is 12.7. The van der Waals surface area contributed by atoms with Crippen molar-refractivity contribution in [2.45, 2.75) is 6.92 Å². The minimum atomic E-state index is -0.549. The van der Waals surface area contributed by atoms with Crippen molar-refractivity contribution in [3.05, 3.63) is 23.5 Å². The molecule has 12 heavy (non-hydrogen) atoms. The molecule has 1 aromatic carbocycles. The second-order valence-electron chi connectivity index (χ2n) is 2.51. The molecule has 0 atom stereocenters. The number of benzene rings is 1. The first-order valence-electron chi connectivity index (χ1n) is 3.38. The van der Waals surface area contributed by atoms with E-state index in [-0.39, 0.29) is 22.7 Å². The number of rotatable bonds is 1. The zero-order valence-corrected chi connectivity index (χ0v) is 6.60. The smallest absolute Gasteiger partial charge is 0.162 e.